The molecule has 0 aliphatic carbocycles. The zero-order valence-electron chi connectivity index (χ0n) is 10.0. The van der Waals surface area contributed by atoms with Gasteiger partial charge in [-0.05, 0) is 19.1 Å². The van der Waals surface area contributed by atoms with Crippen LogP contribution in [0.4, 0.5) is 5.69 Å². The van der Waals surface area contributed by atoms with E-state index in [0.717, 1.165) is 0 Å². The van der Waals surface area contributed by atoms with Crippen molar-refractivity contribution >= 4 is 17.4 Å². The smallest absolute Gasteiger partial charge is 0.341 e. The van der Waals surface area contributed by atoms with E-state index in [1.807, 2.05) is 0 Å². The van der Waals surface area contributed by atoms with Crippen molar-refractivity contribution < 1.29 is 19.1 Å². The van der Waals surface area contributed by atoms with Crippen LogP contribution in [-0.2, 0) is 9.53 Å². The Morgan fingerprint density at radius 2 is 2.22 bits per heavy atom. The molecule has 2 rings (SSSR count). The van der Waals surface area contributed by atoms with Crippen molar-refractivity contribution in [1.82, 2.24) is 0 Å². The third-order valence-corrected chi connectivity index (χ3v) is 2.51. The monoisotopic (exact) mass is 248 g/mol. The molecule has 6 heteroatoms. The number of hydrogen-bond donors (Lipinski definition) is 0. The normalized spacial score (nSPS) is 17.2. The number of carbonyl (C=O) groups is 2. The second-order valence-corrected chi connectivity index (χ2v) is 3.62. The summed E-state index contributed by atoms with van der Waals surface area (Å²) < 4.78 is 9.80. The van der Waals surface area contributed by atoms with E-state index in [1.54, 1.807) is 25.1 Å². The number of fused-ring (bicyclic) bond motifs is 1. The Morgan fingerprint density at radius 3 is 2.89 bits per heavy atom. The third-order valence-electron chi connectivity index (χ3n) is 2.51. The van der Waals surface area contributed by atoms with Gasteiger partial charge in [-0.2, -0.15) is 10.2 Å². The fourth-order valence-electron chi connectivity index (χ4n) is 1.62. The molecule has 0 aromatic heterocycles. The third kappa shape index (κ3) is 2.09. The summed E-state index contributed by atoms with van der Waals surface area (Å²) in [7, 11) is 1.52. The molecule has 0 radical (unpaired) electrons. The van der Waals surface area contributed by atoms with Gasteiger partial charge >= 0.3 is 5.97 Å². The van der Waals surface area contributed by atoms with Crippen molar-refractivity contribution in [1.29, 1.82) is 0 Å². The Bertz CT molecular complexity index is 525. The zero-order valence-corrected chi connectivity index (χ0v) is 10.0. The molecule has 94 valence electrons. The van der Waals surface area contributed by atoms with Gasteiger partial charge in [-0.1, -0.05) is 0 Å². The predicted molar refractivity (Wildman–Crippen MR) is 62.3 cm³/mol. The molecule has 6 nitrogen and oxygen atoms in total. The number of ketones is 1. The minimum absolute atomic E-state index is 0.202. The highest BCUT2D eigenvalue weighted by molar-refractivity contribution is 6.15. The van der Waals surface area contributed by atoms with Crippen LogP contribution in [0, 0.1) is 0 Å². The highest BCUT2D eigenvalue weighted by Crippen LogP contribution is 2.30. The van der Waals surface area contributed by atoms with Crippen molar-refractivity contribution in [3.05, 3.63) is 23.8 Å². The predicted octanol–water partition coefficient (Wildman–Crippen LogP) is 1.91. The summed E-state index contributed by atoms with van der Waals surface area (Å²) in [6, 6.07) is 3.62. The maximum absolute atomic E-state index is 12.0. The number of carbonyl (C=O) groups excluding carboxylic acids is 2. The molecule has 0 saturated carbocycles. The maximum atomic E-state index is 12.0. The van der Waals surface area contributed by atoms with Gasteiger partial charge in [0.15, 0.2) is 0 Å². The van der Waals surface area contributed by atoms with Gasteiger partial charge in [-0.15, -0.1) is 0 Å². The number of nitrogens with zero attached hydrogens (tertiary/aromatic N) is 2. The lowest BCUT2D eigenvalue weighted by molar-refractivity contribution is -0.143. The minimum atomic E-state index is -1.19. The summed E-state index contributed by atoms with van der Waals surface area (Å²) in [5.74, 6) is -0.496. The Balaban J connectivity index is 2.32. The number of benzene rings is 1. The summed E-state index contributed by atoms with van der Waals surface area (Å²) >= 11 is 0. The quantitative estimate of drug-likeness (QED) is 0.604. The van der Waals surface area contributed by atoms with Crippen LogP contribution in [0.25, 0.3) is 0 Å². The first-order chi connectivity index (χ1) is 8.67. The Kier molecular flexibility index (Phi) is 3.36. The summed E-state index contributed by atoms with van der Waals surface area (Å²) in [5.41, 5.74) is 0.753. The Morgan fingerprint density at radius 1 is 1.44 bits per heavy atom. The van der Waals surface area contributed by atoms with E-state index in [2.05, 4.69) is 10.2 Å². The van der Waals surface area contributed by atoms with Crippen molar-refractivity contribution in [3.8, 4) is 5.75 Å². The van der Waals surface area contributed by atoms with Crippen molar-refractivity contribution in [2.45, 2.75) is 13.0 Å². The number of rotatable bonds is 3. The lowest BCUT2D eigenvalue weighted by Gasteiger charge is -2.15. The molecule has 0 N–H and O–H groups in total. The molecular weight excluding hydrogens is 236 g/mol. The number of azo groups is 1. The van der Waals surface area contributed by atoms with Crippen LogP contribution in [0.3, 0.4) is 0 Å². The Hall–Kier alpha value is -2.24. The average molecular weight is 248 g/mol. The summed E-state index contributed by atoms with van der Waals surface area (Å²) in [4.78, 5) is 23.6. The first-order valence-electron chi connectivity index (χ1n) is 5.47. The van der Waals surface area contributed by atoms with Crippen LogP contribution in [0.1, 0.15) is 17.3 Å². The first-order valence-corrected chi connectivity index (χ1v) is 5.47. The summed E-state index contributed by atoms with van der Waals surface area (Å²) in [5, 5.41) is 7.55. The minimum Gasteiger partial charge on any atom is -0.497 e. The van der Waals surface area contributed by atoms with Crippen LogP contribution < -0.4 is 4.74 Å². The molecule has 0 spiro atoms. The molecular formula is C12H12N2O4. The highest BCUT2D eigenvalue weighted by atomic mass is 16.5. The van der Waals surface area contributed by atoms with E-state index in [-0.39, 0.29) is 6.61 Å². The van der Waals surface area contributed by atoms with Crippen molar-refractivity contribution in [3.63, 3.8) is 0 Å². The second kappa shape index (κ2) is 4.95. The molecule has 0 bridgehead atoms. The number of methoxy groups -OCH3 is 1. The molecule has 1 atom stereocenters. The molecule has 1 unspecified atom stereocenters. The van der Waals surface area contributed by atoms with Crippen LogP contribution >= 0.6 is 0 Å². The molecule has 0 fully saturated rings. The van der Waals surface area contributed by atoms with Crippen LogP contribution in [0.5, 0.6) is 5.75 Å². The first kappa shape index (κ1) is 12.2. The lowest BCUT2D eigenvalue weighted by Crippen LogP contribution is -2.31. The maximum Gasteiger partial charge on any atom is 0.341 e. The molecule has 1 aromatic rings. The molecule has 0 amide bonds. The van der Waals surface area contributed by atoms with Gasteiger partial charge in [0, 0.05) is 11.6 Å². The standard InChI is InChI=1S/C12H12N2O4/c1-3-18-12(16)10-11(15)8-5-4-7(17-2)6-9(8)13-14-10/h4-6,10H,3H2,1-2H3. The SMILES string of the molecule is CCOC(=O)C1N=Nc2cc(OC)ccc2C1=O. The van der Waals surface area contributed by atoms with Crippen molar-refractivity contribution in [2.75, 3.05) is 13.7 Å². The van der Waals surface area contributed by atoms with Gasteiger partial charge in [0.2, 0.25) is 11.8 Å². The van der Waals surface area contributed by atoms with E-state index >= 15 is 0 Å². The summed E-state index contributed by atoms with van der Waals surface area (Å²) in [6.45, 7) is 1.87. The van der Waals surface area contributed by atoms with E-state index in [1.165, 1.54) is 7.11 Å². The van der Waals surface area contributed by atoms with E-state index < -0.39 is 17.8 Å². The topological polar surface area (TPSA) is 77.3 Å². The number of Topliss-reactive ketones (excluding diaryl/α,β-unsaturated/α-hetero) is 1. The number of ether oxygens (including phenoxy) is 2. The molecule has 1 aromatic carbocycles. The van der Waals surface area contributed by atoms with Crippen molar-refractivity contribution in [2.24, 2.45) is 10.2 Å². The molecule has 1 heterocycles. The molecule has 1 aliphatic heterocycles. The summed E-state index contributed by atoms with van der Waals surface area (Å²) in [6.07, 6.45) is 0. The van der Waals surface area contributed by atoms with Gasteiger partial charge in [0.05, 0.1) is 19.4 Å². The van der Waals surface area contributed by atoms with Gasteiger partial charge in [0.1, 0.15) is 5.75 Å². The lowest BCUT2D eigenvalue weighted by atomic mass is 10.0. The fraction of sp³-hybridized carbons (Fsp3) is 0.333. The Labute approximate surface area is 104 Å². The molecule has 0 saturated heterocycles. The fourth-order valence-corrected chi connectivity index (χ4v) is 1.62. The van der Waals surface area contributed by atoms with Crippen LogP contribution in [-0.4, -0.2) is 31.5 Å². The van der Waals surface area contributed by atoms with E-state index in [9.17, 15) is 9.59 Å². The highest BCUT2D eigenvalue weighted by Gasteiger charge is 2.33. The number of esters is 1. The largest absolute Gasteiger partial charge is 0.497 e. The average Bonchev–Trinajstić information content (AvgIpc) is 2.38. The number of hydrogen-bond acceptors (Lipinski definition) is 6. The molecule has 18 heavy (non-hydrogen) atoms. The van der Waals surface area contributed by atoms with Gasteiger partial charge in [0.25, 0.3) is 0 Å². The van der Waals surface area contributed by atoms with Gasteiger partial charge < -0.3 is 9.47 Å². The zero-order chi connectivity index (χ0) is 13.1. The van der Waals surface area contributed by atoms with Gasteiger partial charge in [-0.3, -0.25) is 4.79 Å². The van der Waals surface area contributed by atoms with E-state index in [0.29, 0.717) is 17.0 Å². The van der Waals surface area contributed by atoms with Gasteiger partial charge in [-0.25, -0.2) is 4.79 Å². The second-order valence-electron chi connectivity index (χ2n) is 3.62. The van der Waals surface area contributed by atoms with E-state index in [4.69, 9.17) is 9.47 Å². The van der Waals surface area contributed by atoms with Crippen LogP contribution in [0.2, 0.25) is 0 Å². The molecule has 1 aliphatic rings. The van der Waals surface area contributed by atoms with Crippen LogP contribution in [0.15, 0.2) is 28.4 Å².